The number of carbonyl (C=O) groups excluding carboxylic acids is 2. The summed E-state index contributed by atoms with van der Waals surface area (Å²) in [5.41, 5.74) is 0.970. The van der Waals surface area contributed by atoms with Crippen molar-refractivity contribution in [2.45, 2.75) is 20.3 Å². The van der Waals surface area contributed by atoms with Gasteiger partial charge >= 0.3 is 0 Å². The summed E-state index contributed by atoms with van der Waals surface area (Å²) in [4.78, 5) is 38.3. The lowest BCUT2D eigenvalue weighted by Crippen LogP contribution is -2.53. The van der Waals surface area contributed by atoms with Crippen LogP contribution in [0.5, 0.6) is 0 Å². The molecule has 1 N–H and O–H groups in total. The number of pyridine rings is 1. The number of rotatable bonds is 6. The normalized spacial score (nSPS) is 14.3. The Bertz CT molecular complexity index is 647. The first kappa shape index (κ1) is 24.1. The zero-order chi connectivity index (χ0) is 19.6. The first-order valence-electron chi connectivity index (χ1n) is 9.44. The van der Waals surface area contributed by atoms with Crippen LogP contribution in [0.25, 0.3) is 0 Å². The molecular formula is C19H31IN6O2. The molecule has 9 heteroatoms. The minimum absolute atomic E-state index is 0. The van der Waals surface area contributed by atoms with Gasteiger partial charge in [-0.3, -0.25) is 14.6 Å². The summed E-state index contributed by atoms with van der Waals surface area (Å²) >= 11 is 0. The molecule has 0 atom stereocenters. The Kier molecular flexibility index (Phi) is 10.8. The Morgan fingerprint density at radius 2 is 1.89 bits per heavy atom. The first-order valence-corrected chi connectivity index (χ1v) is 9.44. The zero-order valence-electron chi connectivity index (χ0n) is 16.9. The van der Waals surface area contributed by atoms with Crippen LogP contribution in [0.1, 0.15) is 19.5 Å². The SMILES string of the molecule is CCNC(=NCC(=O)N(C)CCc1ccccn1)N1CCN(C(C)=O)CC1.I. The van der Waals surface area contributed by atoms with Gasteiger partial charge in [-0.05, 0) is 19.1 Å². The van der Waals surface area contributed by atoms with Gasteiger partial charge in [0.25, 0.3) is 0 Å². The zero-order valence-corrected chi connectivity index (χ0v) is 19.3. The van der Waals surface area contributed by atoms with E-state index < -0.39 is 0 Å². The van der Waals surface area contributed by atoms with Crippen LogP contribution in [-0.4, -0.2) is 90.3 Å². The van der Waals surface area contributed by atoms with E-state index in [2.05, 4.69) is 20.2 Å². The van der Waals surface area contributed by atoms with Crippen LogP contribution in [0.2, 0.25) is 0 Å². The molecule has 28 heavy (non-hydrogen) atoms. The second-order valence-corrected chi connectivity index (χ2v) is 6.55. The molecule has 0 saturated carbocycles. The minimum Gasteiger partial charge on any atom is -0.357 e. The van der Waals surface area contributed by atoms with E-state index in [0.717, 1.165) is 37.7 Å². The second kappa shape index (κ2) is 12.5. The third-order valence-electron chi connectivity index (χ3n) is 4.58. The molecule has 0 spiro atoms. The average molecular weight is 502 g/mol. The van der Waals surface area contributed by atoms with Crippen molar-refractivity contribution in [2.24, 2.45) is 4.99 Å². The summed E-state index contributed by atoms with van der Waals surface area (Å²) in [5.74, 6) is 0.803. The van der Waals surface area contributed by atoms with E-state index in [-0.39, 0.29) is 42.3 Å². The summed E-state index contributed by atoms with van der Waals surface area (Å²) in [6.07, 6.45) is 2.48. The van der Waals surface area contributed by atoms with Gasteiger partial charge in [-0.25, -0.2) is 4.99 Å². The highest BCUT2D eigenvalue weighted by atomic mass is 127. The Morgan fingerprint density at radius 3 is 2.46 bits per heavy atom. The number of hydrogen-bond donors (Lipinski definition) is 1. The fourth-order valence-electron chi connectivity index (χ4n) is 2.88. The molecule has 1 aromatic heterocycles. The molecule has 0 aliphatic carbocycles. The maximum absolute atomic E-state index is 12.4. The van der Waals surface area contributed by atoms with Crippen LogP contribution in [0, 0.1) is 0 Å². The predicted octanol–water partition coefficient (Wildman–Crippen LogP) is 0.830. The van der Waals surface area contributed by atoms with Crippen LogP contribution in [0.3, 0.4) is 0 Å². The number of nitrogens with zero attached hydrogens (tertiary/aromatic N) is 5. The number of piperazine rings is 1. The van der Waals surface area contributed by atoms with E-state index in [0.29, 0.717) is 19.6 Å². The number of amides is 2. The summed E-state index contributed by atoms with van der Waals surface area (Å²) in [7, 11) is 1.79. The van der Waals surface area contributed by atoms with Gasteiger partial charge in [0.1, 0.15) is 6.54 Å². The minimum atomic E-state index is -0.0243. The fraction of sp³-hybridized carbons (Fsp3) is 0.579. The van der Waals surface area contributed by atoms with E-state index in [1.807, 2.05) is 30.0 Å². The van der Waals surface area contributed by atoms with Gasteiger partial charge in [0.15, 0.2) is 5.96 Å². The third-order valence-corrected chi connectivity index (χ3v) is 4.58. The summed E-state index contributed by atoms with van der Waals surface area (Å²) in [6, 6.07) is 5.79. The maximum Gasteiger partial charge on any atom is 0.244 e. The number of likely N-dealkylation sites (N-methyl/N-ethyl adjacent to an activating group) is 1. The number of carbonyl (C=O) groups is 2. The van der Waals surface area contributed by atoms with Crippen LogP contribution in [-0.2, 0) is 16.0 Å². The lowest BCUT2D eigenvalue weighted by Gasteiger charge is -2.36. The van der Waals surface area contributed by atoms with Gasteiger partial charge in [0.05, 0.1) is 0 Å². The molecule has 1 aromatic rings. The van der Waals surface area contributed by atoms with Crippen molar-refractivity contribution in [1.82, 2.24) is 25.0 Å². The smallest absolute Gasteiger partial charge is 0.244 e. The fourth-order valence-corrected chi connectivity index (χ4v) is 2.88. The molecule has 2 heterocycles. The van der Waals surface area contributed by atoms with Crippen molar-refractivity contribution < 1.29 is 9.59 Å². The number of halogens is 1. The Labute approximate surface area is 184 Å². The molecule has 156 valence electrons. The predicted molar refractivity (Wildman–Crippen MR) is 121 cm³/mol. The number of aliphatic imine (C=N–C) groups is 1. The van der Waals surface area contributed by atoms with Gasteiger partial charge in [-0.2, -0.15) is 0 Å². The highest BCUT2D eigenvalue weighted by Gasteiger charge is 2.21. The quantitative estimate of drug-likeness (QED) is 0.354. The van der Waals surface area contributed by atoms with E-state index in [1.54, 1.807) is 25.1 Å². The summed E-state index contributed by atoms with van der Waals surface area (Å²) in [6.45, 7) is 7.83. The lowest BCUT2D eigenvalue weighted by molar-refractivity contribution is -0.130. The summed E-state index contributed by atoms with van der Waals surface area (Å²) in [5, 5.41) is 3.24. The van der Waals surface area contributed by atoms with Crippen molar-refractivity contribution in [3.8, 4) is 0 Å². The van der Waals surface area contributed by atoms with Crippen LogP contribution < -0.4 is 5.32 Å². The monoisotopic (exact) mass is 502 g/mol. The van der Waals surface area contributed by atoms with Crippen molar-refractivity contribution >= 4 is 41.8 Å². The molecule has 0 aromatic carbocycles. The van der Waals surface area contributed by atoms with Gasteiger partial charge in [0, 0.05) is 71.6 Å². The standard InChI is InChI=1S/C19H30N6O2.HI/c1-4-20-19(25-13-11-24(12-14-25)16(2)26)22-15-18(27)23(3)10-8-17-7-5-6-9-21-17;/h5-7,9H,4,8,10-15H2,1-3H3,(H,20,22);1H. The molecular weight excluding hydrogens is 471 g/mol. The van der Waals surface area contributed by atoms with E-state index in [1.165, 1.54) is 0 Å². The van der Waals surface area contributed by atoms with E-state index in [9.17, 15) is 9.59 Å². The van der Waals surface area contributed by atoms with E-state index in [4.69, 9.17) is 0 Å². The number of guanidine groups is 1. The molecule has 2 rings (SSSR count). The largest absolute Gasteiger partial charge is 0.357 e. The molecule has 2 amide bonds. The van der Waals surface area contributed by atoms with Crippen molar-refractivity contribution in [3.63, 3.8) is 0 Å². The Balaban J connectivity index is 0.00000392. The maximum atomic E-state index is 12.4. The molecule has 1 aliphatic rings. The molecule has 0 unspecified atom stereocenters. The number of hydrogen-bond acceptors (Lipinski definition) is 4. The van der Waals surface area contributed by atoms with Crippen molar-refractivity contribution in [3.05, 3.63) is 30.1 Å². The average Bonchev–Trinajstić information content (AvgIpc) is 2.69. The Hall–Kier alpha value is -1.91. The molecule has 1 saturated heterocycles. The first-order chi connectivity index (χ1) is 13.0. The third kappa shape index (κ3) is 7.61. The highest BCUT2D eigenvalue weighted by Crippen LogP contribution is 2.03. The van der Waals surface area contributed by atoms with E-state index >= 15 is 0 Å². The van der Waals surface area contributed by atoms with Gasteiger partial charge in [-0.1, -0.05) is 6.07 Å². The topological polar surface area (TPSA) is 81.1 Å². The second-order valence-electron chi connectivity index (χ2n) is 6.55. The van der Waals surface area contributed by atoms with Crippen LogP contribution >= 0.6 is 24.0 Å². The highest BCUT2D eigenvalue weighted by molar-refractivity contribution is 14.0. The van der Waals surface area contributed by atoms with Gasteiger partial charge in [0.2, 0.25) is 11.8 Å². The molecule has 0 radical (unpaired) electrons. The number of aromatic nitrogens is 1. The van der Waals surface area contributed by atoms with Gasteiger partial charge < -0.3 is 20.0 Å². The van der Waals surface area contributed by atoms with Crippen molar-refractivity contribution in [1.29, 1.82) is 0 Å². The number of nitrogens with one attached hydrogen (secondary N) is 1. The summed E-state index contributed by atoms with van der Waals surface area (Å²) < 4.78 is 0. The molecule has 8 nitrogen and oxygen atoms in total. The lowest BCUT2D eigenvalue weighted by atomic mass is 10.2. The van der Waals surface area contributed by atoms with Crippen LogP contribution in [0.4, 0.5) is 0 Å². The van der Waals surface area contributed by atoms with Crippen molar-refractivity contribution in [2.75, 3.05) is 52.9 Å². The molecule has 0 bridgehead atoms. The molecule has 1 aliphatic heterocycles. The van der Waals surface area contributed by atoms with Gasteiger partial charge in [-0.15, -0.1) is 24.0 Å². The molecule has 1 fully saturated rings. The van der Waals surface area contributed by atoms with Crippen LogP contribution in [0.15, 0.2) is 29.4 Å². The Morgan fingerprint density at radius 1 is 1.21 bits per heavy atom.